The molecular weight excluding hydrogens is 384 g/mol. The minimum absolute atomic E-state index is 0.0645. The number of ether oxygens (including phenoxy) is 1. The zero-order valence-electron chi connectivity index (χ0n) is 18.2. The molecule has 2 heterocycles. The van der Waals surface area contributed by atoms with E-state index in [0.717, 1.165) is 29.8 Å². The number of aryl methyl sites for hydroxylation is 3. The summed E-state index contributed by atoms with van der Waals surface area (Å²) in [5, 5.41) is 4.49. The van der Waals surface area contributed by atoms with Gasteiger partial charge in [0, 0.05) is 16.7 Å². The Labute approximate surface area is 176 Å². The predicted molar refractivity (Wildman–Crippen MR) is 119 cm³/mol. The lowest BCUT2D eigenvalue weighted by Gasteiger charge is -2.17. The largest absolute Gasteiger partial charge is 0.492 e. The second kappa shape index (κ2) is 8.61. The van der Waals surface area contributed by atoms with Gasteiger partial charge >= 0.3 is 0 Å². The Morgan fingerprint density at radius 3 is 2.48 bits per heavy atom. The monoisotopic (exact) mass is 414 g/mol. The molecule has 0 spiro atoms. The summed E-state index contributed by atoms with van der Waals surface area (Å²) in [6.45, 7) is 11.4. The molecule has 0 fully saturated rings. The first kappa shape index (κ1) is 21.4. The molecule has 0 radical (unpaired) electrons. The number of thioether (sulfide) groups is 1. The number of hydrogen-bond donors (Lipinski definition) is 0. The molecule has 29 heavy (non-hydrogen) atoms. The molecule has 0 aliphatic rings. The van der Waals surface area contributed by atoms with Gasteiger partial charge in [-0.25, -0.2) is 4.98 Å². The Hall–Kier alpha value is -2.28. The lowest BCUT2D eigenvalue weighted by Crippen LogP contribution is -2.27. The van der Waals surface area contributed by atoms with Crippen LogP contribution in [-0.4, -0.2) is 30.7 Å². The third kappa shape index (κ3) is 5.01. The molecule has 3 aromatic rings. The molecular formula is C22H30N4O2S. The highest BCUT2D eigenvalue weighted by molar-refractivity contribution is 8.00. The molecule has 156 valence electrons. The van der Waals surface area contributed by atoms with Crippen LogP contribution in [0.15, 0.2) is 34.0 Å². The van der Waals surface area contributed by atoms with Crippen LogP contribution in [0.3, 0.4) is 0 Å². The number of benzene rings is 1. The average molecular weight is 415 g/mol. The summed E-state index contributed by atoms with van der Waals surface area (Å²) in [7, 11) is 1.80. The smallest absolute Gasteiger partial charge is 0.279 e. The van der Waals surface area contributed by atoms with Crippen LogP contribution >= 0.6 is 11.8 Å². The van der Waals surface area contributed by atoms with Gasteiger partial charge in [-0.15, -0.1) is 11.8 Å². The number of aromatic nitrogens is 4. The van der Waals surface area contributed by atoms with E-state index in [1.165, 1.54) is 4.90 Å². The first-order chi connectivity index (χ1) is 13.7. The van der Waals surface area contributed by atoms with Crippen molar-refractivity contribution in [3.8, 4) is 5.75 Å². The van der Waals surface area contributed by atoms with E-state index in [-0.39, 0.29) is 10.3 Å². The van der Waals surface area contributed by atoms with Gasteiger partial charge in [0.25, 0.3) is 5.56 Å². The molecule has 0 unspecified atom stereocenters. The standard InChI is InChI=1S/C22H30N4O2S/c1-7-8-18-19-20(25(6)24-18)21(27)26(15(2)23-19)13-14-28-16-9-11-17(12-10-16)29-22(3,4)5/h9-12H,7-8,13-14H2,1-6H3. The predicted octanol–water partition coefficient (Wildman–Crippen LogP) is 4.36. The first-order valence-electron chi connectivity index (χ1n) is 10.0. The van der Waals surface area contributed by atoms with Gasteiger partial charge in [-0.1, -0.05) is 34.1 Å². The maximum Gasteiger partial charge on any atom is 0.279 e. The molecule has 3 rings (SSSR count). The molecule has 0 atom stereocenters. The number of rotatable bonds is 7. The second-order valence-electron chi connectivity index (χ2n) is 8.17. The zero-order valence-corrected chi connectivity index (χ0v) is 19.0. The van der Waals surface area contributed by atoms with Crippen molar-refractivity contribution >= 4 is 22.8 Å². The van der Waals surface area contributed by atoms with Crippen molar-refractivity contribution in [2.24, 2.45) is 7.05 Å². The molecule has 0 N–H and O–H groups in total. The van der Waals surface area contributed by atoms with E-state index in [1.54, 1.807) is 16.3 Å². The molecule has 0 aliphatic heterocycles. The zero-order chi connectivity index (χ0) is 21.2. The normalized spacial score (nSPS) is 11.9. The van der Waals surface area contributed by atoms with Crippen LogP contribution in [0.1, 0.15) is 45.6 Å². The highest BCUT2D eigenvalue weighted by Gasteiger charge is 2.17. The van der Waals surface area contributed by atoms with Crippen molar-refractivity contribution in [2.45, 2.75) is 63.6 Å². The van der Waals surface area contributed by atoms with E-state index in [1.807, 2.05) is 30.8 Å². The van der Waals surface area contributed by atoms with Crippen molar-refractivity contribution in [3.05, 3.63) is 46.1 Å². The molecule has 0 aliphatic carbocycles. The van der Waals surface area contributed by atoms with Gasteiger partial charge in [0.15, 0.2) is 5.52 Å². The van der Waals surface area contributed by atoms with Crippen LogP contribution in [0.25, 0.3) is 11.0 Å². The molecule has 0 bridgehead atoms. The Balaban J connectivity index is 1.72. The molecule has 6 nitrogen and oxygen atoms in total. The quantitative estimate of drug-likeness (QED) is 0.538. The topological polar surface area (TPSA) is 61.9 Å². The van der Waals surface area contributed by atoms with Gasteiger partial charge in [0.05, 0.1) is 12.2 Å². The van der Waals surface area contributed by atoms with E-state index in [9.17, 15) is 4.79 Å². The molecule has 0 saturated heterocycles. The molecule has 0 saturated carbocycles. The number of hydrogen-bond acceptors (Lipinski definition) is 5. The van der Waals surface area contributed by atoms with Crippen molar-refractivity contribution in [3.63, 3.8) is 0 Å². The van der Waals surface area contributed by atoms with E-state index in [0.29, 0.717) is 24.5 Å². The van der Waals surface area contributed by atoms with Crippen LogP contribution in [-0.2, 0) is 20.0 Å². The van der Waals surface area contributed by atoms with Crippen LogP contribution in [0.4, 0.5) is 0 Å². The van der Waals surface area contributed by atoms with Crippen molar-refractivity contribution < 1.29 is 4.74 Å². The van der Waals surface area contributed by atoms with Gasteiger partial charge in [0.2, 0.25) is 0 Å². The summed E-state index contributed by atoms with van der Waals surface area (Å²) >= 11 is 1.82. The van der Waals surface area contributed by atoms with E-state index < -0.39 is 0 Å². The van der Waals surface area contributed by atoms with Crippen LogP contribution < -0.4 is 10.3 Å². The third-order valence-electron chi connectivity index (χ3n) is 4.52. The average Bonchev–Trinajstić information content (AvgIpc) is 2.93. The fourth-order valence-electron chi connectivity index (χ4n) is 3.30. The van der Waals surface area contributed by atoms with Crippen molar-refractivity contribution in [2.75, 3.05) is 6.61 Å². The lowest BCUT2D eigenvalue weighted by molar-refractivity contribution is 0.294. The molecule has 1 aromatic carbocycles. The number of fused-ring (bicyclic) bond motifs is 1. The second-order valence-corrected chi connectivity index (χ2v) is 10.1. The first-order valence-corrected chi connectivity index (χ1v) is 10.9. The maximum absolute atomic E-state index is 13.0. The van der Waals surface area contributed by atoms with Gasteiger partial charge in [-0.2, -0.15) is 5.10 Å². The van der Waals surface area contributed by atoms with Gasteiger partial charge < -0.3 is 4.74 Å². The van der Waals surface area contributed by atoms with Gasteiger partial charge in [-0.05, 0) is 37.6 Å². The van der Waals surface area contributed by atoms with Crippen molar-refractivity contribution in [1.82, 2.24) is 19.3 Å². The third-order valence-corrected chi connectivity index (χ3v) is 5.64. The Kier molecular flexibility index (Phi) is 6.36. The summed E-state index contributed by atoms with van der Waals surface area (Å²) in [5.74, 6) is 1.49. The molecule has 7 heteroatoms. The summed E-state index contributed by atoms with van der Waals surface area (Å²) < 4.78 is 9.37. The number of nitrogens with zero attached hydrogens (tertiary/aromatic N) is 4. The Morgan fingerprint density at radius 2 is 1.86 bits per heavy atom. The fraction of sp³-hybridized carbons (Fsp3) is 0.500. The highest BCUT2D eigenvalue weighted by Crippen LogP contribution is 2.32. The Morgan fingerprint density at radius 1 is 1.17 bits per heavy atom. The molecule has 0 amide bonds. The SMILES string of the molecule is CCCc1nn(C)c2c(=O)n(CCOc3ccc(SC(C)(C)C)cc3)c(C)nc12. The maximum atomic E-state index is 13.0. The minimum atomic E-state index is -0.0645. The van der Waals surface area contributed by atoms with Crippen LogP contribution in [0.5, 0.6) is 5.75 Å². The van der Waals surface area contributed by atoms with Crippen LogP contribution in [0, 0.1) is 6.92 Å². The van der Waals surface area contributed by atoms with Gasteiger partial charge in [-0.3, -0.25) is 14.0 Å². The Bertz CT molecular complexity index is 1050. The van der Waals surface area contributed by atoms with E-state index >= 15 is 0 Å². The summed E-state index contributed by atoms with van der Waals surface area (Å²) in [6.07, 6.45) is 1.79. The highest BCUT2D eigenvalue weighted by atomic mass is 32.2. The minimum Gasteiger partial charge on any atom is -0.492 e. The van der Waals surface area contributed by atoms with Gasteiger partial charge in [0.1, 0.15) is 23.7 Å². The summed E-state index contributed by atoms with van der Waals surface area (Å²) in [6, 6.07) is 8.09. The summed E-state index contributed by atoms with van der Waals surface area (Å²) in [5.41, 5.74) is 2.11. The van der Waals surface area contributed by atoms with E-state index in [4.69, 9.17) is 4.74 Å². The summed E-state index contributed by atoms with van der Waals surface area (Å²) in [4.78, 5) is 18.9. The molecule has 2 aromatic heterocycles. The van der Waals surface area contributed by atoms with E-state index in [2.05, 4.69) is 49.9 Å². The van der Waals surface area contributed by atoms with Crippen LogP contribution in [0.2, 0.25) is 0 Å². The van der Waals surface area contributed by atoms with Crippen molar-refractivity contribution in [1.29, 1.82) is 0 Å². The fourth-order valence-corrected chi connectivity index (χ4v) is 4.28. The lowest BCUT2D eigenvalue weighted by atomic mass is 10.2.